The van der Waals surface area contributed by atoms with E-state index in [9.17, 15) is 22.8 Å². The van der Waals surface area contributed by atoms with Gasteiger partial charge in [-0.15, -0.1) is 16.8 Å². The van der Waals surface area contributed by atoms with Crippen LogP contribution in [0.2, 0.25) is 10.0 Å². The van der Waals surface area contributed by atoms with Crippen LogP contribution in [-0.4, -0.2) is 32.3 Å². The lowest BCUT2D eigenvalue weighted by Gasteiger charge is -2.11. The molecule has 1 heterocycles. The molecule has 0 saturated heterocycles. The van der Waals surface area contributed by atoms with Gasteiger partial charge in [0, 0.05) is 17.3 Å². The van der Waals surface area contributed by atoms with Crippen molar-refractivity contribution in [3.8, 4) is 0 Å². The Morgan fingerprint density at radius 2 is 1.86 bits per heavy atom. The van der Waals surface area contributed by atoms with E-state index in [1.807, 2.05) is 0 Å². The van der Waals surface area contributed by atoms with Crippen LogP contribution in [0.15, 0.2) is 60.3 Å². The minimum Gasteiger partial charge on any atom is -0.326 e. The molecule has 0 aliphatic carbocycles. The van der Waals surface area contributed by atoms with Gasteiger partial charge in [-0.05, 0) is 36.4 Å². The van der Waals surface area contributed by atoms with Gasteiger partial charge in [-0.2, -0.15) is 13.2 Å². The molecule has 0 aliphatic rings. The summed E-state index contributed by atoms with van der Waals surface area (Å²) in [5, 5.41) is 14.2. The molecule has 0 spiro atoms. The largest absolute Gasteiger partial charge is 0.416 e. The van der Waals surface area contributed by atoms with Gasteiger partial charge in [0.2, 0.25) is 11.8 Å². The maximum Gasteiger partial charge on any atom is 0.416 e. The first kappa shape index (κ1) is 26.6. The molecule has 0 unspecified atom stereocenters. The summed E-state index contributed by atoms with van der Waals surface area (Å²) < 4.78 is 40.3. The highest BCUT2D eigenvalue weighted by atomic mass is 35.5. The Morgan fingerprint density at radius 3 is 2.57 bits per heavy atom. The lowest BCUT2D eigenvalue weighted by molar-refractivity contribution is -0.137. The van der Waals surface area contributed by atoms with Crippen molar-refractivity contribution >= 4 is 58.2 Å². The van der Waals surface area contributed by atoms with E-state index in [2.05, 4.69) is 27.4 Å². The molecule has 0 saturated carbocycles. The fourth-order valence-corrected chi connectivity index (χ4v) is 4.00. The molecule has 2 aromatic carbocycles. The van der Waals surface area contributed by atoms with Gasteiger partial charge in [-0.3, -0.25) is 9.59 Å². The second kappa shape index (κ2) is 11.6. The molecule has 35 heavy (non-hydrogen) atoms. The zero-order valence-electron chi connectivity index (χ0n) is 17.9. The predicted molar refractivity (Wildman–Crippen MR) is 130 cm³/mol. The van der Waals surface area contributed by atoms with Crippen LogP contribution in [0.25, 0.3) is 0 Å². The maximum atomic E-state index is 12.9. The number of carbonyl (C=O) groups excluding carboxylic acids is 2. The number of halogens is 5. The van der Waals surface area contributed by atoms with Gasteiger partial charge < -0.3 is 15.2 Å². The van der Waals surface area contributed by atoms with Crippen LogP contribution in [0.3, 0.4) is 0 Å². The SMILES string of the molecule is C=CCn1c(CC(=O)Nc2cccc(C(F)(F)F)c2)nnc1SCC(=O)Nc1cc(Cl)ccc1Cl. The normalized spacial score (nSPS) is 11.2. The number of alkyl halides is 3. The van der Waals surface area contributed by atoms with E-state index in [0.717, 1.165) is 23.9 Å². The molecule has 0 radical (unpaired) electrons. The lowest BCUT2D eigenvalue weighted by Crippen LogP contribution is -2.18. The van der Waals surface area contributed by atoms with Gasteiger partial charge in [0.15, 0.2) is 5.16 Å². The number of aromatic nitrogens is 3. The number of carbonyl (C=O) groups is 2. The lowest BCUT2D eigenvalue weighted by atomic mass is 10.2. The highest BCUT2D eigenvalue weighted by molar-refractivity contribution is 7.99. The second-order valence-electron chi connectivity index (χ2n) is 7.06. The zero-order valence-corrected chi connectivity index (χ0v) is 20.2. The summed E-state index contributed by atoms with van der Waals surface area (Å²) in [6, 6.07) is 8.99. The molecule has 13 heteroatoms. The minimum absolute atomic E-state index is 0.00515. The van der Waals surface area contributed by atoms with Gasteiger partial charge >= 0.3 is 6.18 Å². The average Bonchev–Trinajstić information content (AvgIpc) is 3.15. The molecule has 1 aromatic heterocycles. The van der Waals surface area contributed by atoms with E-state index >= 15 is 0 Å². The number of nitrogens with zero attached hydrogens (tertiary/aromatic N) is 3. The quantitative estimate of drug-likeness (QED) is 0.267. The van der Waals surface area contributed by atoms with E-state index < -0.39 is 17.6 Å². The van der Waals surface area contributed by atoms with Gasteiger partial charge in [-0.1, -0.05) is 47.1 Å². The number of hydrogen-bond donors (Lipinski definition) is 2. The van der Waals surface area contributed by atoms with E-state index in [1.54, 1.807) is 22.8 Å². The molecular formula is C22H18Cl2F3N5O2S. The number of benzene rings is 2. The molecule has 2 N–H and O–H groups in total. The van der Waals surface area contributed by atoms with Crippen molar-refractivity contribution in [2.75, 3.05) is 16.4 Å². The molecule has 184 valence electrons. The fourth-order valence-electron chi connectivity index (χ4n) is 2.90. The van der Waals surface area contributed by atoms with Crippen molar-refractivity contribution in [2.45, 2.75) is 24.3 Å². The molecule has 7 nitrogen and oxygen atoms in total. The Morgan fingerprint density at radius 1 is 1.09 bits per heavy atom. The third-order valence-corrected chi connectivity index (χ3v) is 5.96. The molecular weight excluding hydrogens is 526 g/mol. The van der Waals surface area contributed by atoms with Crippen molar-refractivity contribution in [3.05, 3.63) is 76.6 Å². The number of thioether (sulfide) groups is 1. The van der Waals surface area contributed by atoms with Gasteiger partial charge in [0.05, 0.1) is 28.4 Å². The van der Waals surface area contributed by atoms with E-state index in [-0.39, 0.29) is 36.1 Å². The Balaban J connectivity index is 1.65. The van der Waals surface area contributed by atoms with Gasteiger partial charge in [-0.25, -0.2) is 0 Å². The molecule has 0 aliphatic heterocycles. The topological polar surface area (TPSA) is 88.9 Å². The maximum absolute atomic E-state index is 12.9. The molecule has 2 amide bonds. The zero-order chi connectivity index (χ0) is 25.6. The van der Waals surface area contributed by atoms with Crippen LogP contribution in [0.4, 0.5) is 24.5 Å². The summed E-state index contributed by atoms with van der Waals surface area (Å²) in [6.07, 6.45) is -3.21. The minimum atomic E-state index is -4.53. The van der Waals surface area contributed by atoms with Gasteiger partial charge in [0.1, 0.15) is 5.82 Å². The molecule has 3 aromatic rings. The van der Waals surface area contributed by atoms with Crippen molar-refractivity contribution in [1.29, 1.82) is 0 Å². The highest BCUT2D eigenvalue weighted by Gasteiger charge is 2.30. The van der Waals surface area contributed by atoms with Crippen molar-refractivity contribution < 1.29 is 22.8 Å². The fraction of sp³-hybridized carbons (Fsp3) is 0.182. The van der Waals surface area contributed by atoms with Crippen LogP contribution < -0.4 is 10.6 Å². The summed E-state index contributed by atoms with van der Waals surface area (Å²) in [4.78, 5) is 24.8. The summed E-state index contributed by atoms with van der Waals surface area (Å²) in [7, 11) is 0. The first-order chi connectivity index (χ1) is 16.6. The van der Waals surface area contributed by atoms with Crippen molar-refractivity contribution in [2.24, 2.45) is 0 Å². The molecule has 3 rings (SSSR count). The van der Waals surface area contributed by atoms with Crippen LogP contribution in [0.1, 0.15) is 11.4 Å². The van der Waals surface area contributed by atoms with Gasteiger partial charge in [0.25, 0.3) is 0 Å². The summed E-state index contributed by atoms with van der Waals surface area (Å²) in [5.74, 6) is -0.715. The van der Waals surface area contributed by atoms with Crippen molar-refractivity contribution in [3.63, 3.8) is 0 Å². The smallest absolute Gasteiger partial charge is 0.326 e. The van der Waals surface area contributed by atoms with Crippen LogP contribution >= 0.6 is 35.0 Å². The molecule has 0 bridgehead atoms. The predicted octanol–water partition coefficient (Wildman–Crippen LogP) is 5.70. The summed E-state index contributed by atoms with van der Waals surface area (Å²) >= 11 is 13.1. The molecule has 0 atom stereocenters. The number of allylic oxidation sites excluding steroid dienone is 1. The monoisotopic (exact) mass is 543 g/mol. The standard InChI is InChI=1S/C22H18Cl2F3N5O2S/c1-2-8-32-18(11-19(33)28-15-5-3-4-13(9-15)22(25,26)27)30-31-21(32)35-12-20(34)29-17-10-14(23)6-7-16(17)24/h2-7,9-10H,1,8,11-12H2,(H,28,33)(H,29,34). The average molecular weight is 544 g/mol. The van der Waals surface area contributed by atoms with Crippen LogP contribution in [0.5, 0.6) is 0 Å². The Kier molecular flexibility index (Phi) is 8.82. The second-order valence-corrected chi connectivity index (χ2v) is 8.85. The Hall–Kier alpha value is -3.02. The third-order valence-electron chi connectivity index (χ3n) is 4.43. The summed E-state index contributed by atoms with van der Waals surface area (Å²) in [5.41, 5.74) is -0.504. The van der Waals surface area contributed by atoms with Crippen LogP contribution in [0, 0.1) is 0 Å². The van der Waals surface area contributed by atoms with Crippen LogP contribution in [-0.2, 0) is 28.7 Å². The first-order valence-corrected chi connectivity index (χ1v) is 11.7. The first-order valence-electron chi connectivity index (χ1n) is 9.94. The van der Waals surface area contributed by atoms with E-state index in [4.69, 9.17) is 23.2 Å². The highest BCUT2D eigenvalue weighted by Crippen LogP contribution is 2.31. The molecule has 0 fully saturated rings. The third kappa shape index (κ3) is 7.48. The van der Waals surface area contributed by atoms with Crippen molar-refractivity contribution in [1.82, 2.24) is 14.8 Å². The number of hydrogen-bond acceptors (Lipinski definition) is 5. The number of nitrogens with one attached hydrogen (secondary N) is 2. The van der Waals surface area contributed by atoms with E-state index in [1.165, 1.54) is 18.2 Å². The summed E-state index contributed by atoms with van der Waals surface area (Å²) in [6.45, 7) is 3.92. The number of anilines is 2. The Labute approximate surface area is 212 Å². The van der Waals surface area contributed by atoms with E-state index in [0.29, 0.717) is 20.9 Å². The number of rotatable bonds is 9. The Bertz CT molecular complexity index is 1250. The number of amides is 2.